The number of fused-ring (bicyclic) bond motifs is 3. The largest absolute Gasteiger partial charge is 0.508 e. The van der Waals surface area contributed by atoms with Gasteiger partial charge in [-0.15, -0.1) is 0 Å². The first kappa shape index (κ1) is 17.7. The van der Waals surface area contributed by atoms with Crippen molar-refractivity contribution >= 4 is 11.9 Å². The predicted molar refractivity (Wildman–Crippen MR) is 91.5 cm³/mol. The molecule has 2 heterocycles. The minimum Gasteiger partial charge on any atom is -0.508 e. The van der Waals surface area contributed by atoms with Crippen molar-refractivity contribution in [3.05, 3.63) is 69.8 Å². The van der Waals surface area contributed by atoms with Gasteiger partial charge in [-0.1, -0.05) is 36.4 Å². The topological polar surface area (TPSA) is 159 Å². The third kappa shape index (κ3) is 1.94. The van der Waals surface area contributed by atoms with Crippen LogP contribution in [-0.4, -0.2) is 43.4 Å². The Morgan fingerprint density at radius 2 is 1.61 bits per heavy atom. The Morgan fingerprint density at radius 1 is 1.04 bits per heavy atom. The maximum Gasteiger partial charge on any atom is 0.392 e. The maximum atomic E-state index is 12.3. The van der Waals surface area contributed by atoms with Gasteiger partial charge < -0.3 is 20.1 Å². The molecule has 4 rings (SSSR count). The summed E-state index contributed by atoms with van der Waals surface area (Å²) < 4.78 is 5.66. The lowest BCUT2D eigenvalue weighted by atomic mass is 9.76. The minimum atomic E-state index is -2.74. The lowest BCUT2D eigenvalue weighted by molar-refractivity contribution is -0.619. The minimum absolute atomic E-state index is 0.0259. The summed E-state index contributed by atoms with van der Waals surface area (Å²) in [4.78, 5) is 35.8. The number of phenolic OH excluding ortho intramolecular Hbond substituents is 1. The third-order valence-electron chi connectivity index (χ3n) is 5.34. The molecule has 144 valence electrons. The van der Waals surface area contributed by atoms with Crippen LogP contribution in [0.1, 0.15) is 23.1 Å². The normalized spacial score (nSPS) is 26.7. The number of ether oxygens (including phenoxy) is 1. The van der Waals surface area contributed by atoms with E-state index >= 15 is 0 Å². The molecule has 0 aromatic heterocycles. The van der Waals surface area contributed by atoms with Crippen molar-refractivity contribution in [2.75, 3.05) is 0 Å². The van der Waals surface area contributed by atoms with Crippen LogP contribution in [0.3, 0.4) is 0 Å². The zero-order chi connectivity index (χ0) is 20.3. The van der Waals surface area contributed by atoms with Gasteiger partial charge in [0.2, 0.25) is 5.54 Å². The number of nitro groups is 1. The van der Waals surface area contributed by atoms with E-state index in [1.165, 1.54) is 42.5 Å². The van der Waals surface area contributed by atoms with Gasteiger partial charge in [0.15, 0.2) is 0 Å². The van der Waals surface area contributed by atoms with E-state index in [9.17, 15) is 35.0 Å². The summed E-state index contributed by atoms with van der Waals surface area (Å²) in [5.41, 5.74) is -5.18. The number of carbonyl (C=O) groups is 2. The molecule has 0 saturated carbocycles. The molecule has 1 fully saturated rings. The Bertz CT molecular complexity index is 1010. The zero-order valence-corrected chi connectivity index (χ0v) is 14.1. The van der Waals surface area contributed by atoms with Crippen LogP contribution in [0.25, 0.3) is 0 Å². The summed E-state index contributed by atoms with van der Waals surface area (Å²) in [7, 11) is 0. The standard InChI is InChI=1S/C18H14N2O8/c21-11-7-3-1-5-9(11)14-18(20(26)27)13(10-6-2-4-8-12(10)28-18)17(19-14,15(22)23)16(24)25/h1-8,13-14,19,21H,(H,22,23)(H,24,25)/t13-,14+,18-/m1/s1. The number of carboxylic acid groups (broad SMARTS) is 2. The molecule has 2 aromatic carbocycles. The van der Waals surface area contributed by atoms with Crippen LogP contribution >= 0.6 is 0 Å². The second-order valence-corrected chi connectivity index (χ2v) is 6.64. The Kier molecular flexibility index (Phi) is 3.59. The molecule has 2 aromatic rings. The number of phenols is 1. The van der Waals surface area contributed by atoms with Gasteiger partial charge in [0.05, 0.1) is 4.92 Å². The number of hydrogen-bond donors (Lipinski definition) is 4. The fourth-order valence-corrected chi connectivity index (χ4v) is 4.20. The average molecular weight is 386 g/mol. The van der Waals surface area contributed by atoms with Gasteiger partial charge in [-0.05, 0) is 12.1 Å². The molecule has 2 aliphatic rings. The first-order valence-electron chi connectivity index (χ1n) is 8.21. The summed E-state index contributed by atoms with van der Waals surface area (Å²) in [6.45, 7) is 0. The highest BCUT2D eigenvalue weighted by molar-refractivity contribution is 6.06. The van der Waals surface area contributed by atoms with Crippen LogP contribution in [0, 0.1) is 10.1 Å². The number of benzene rings is 2. The van der Waals surface area contributed by atoms with E-state index in [1.54, 1.807) is 6.07 Å². The Labute approximate surface area is 157 Å². The second-order valence-electron chi connectivity index (χ2n) is 6.64. The smallest absolute Gasteiger partial charge is 0.392 e. The highest BCUT2D eigenvalue weighted by atomic mass is 16.7. The molecule has 0 spiro atoms. The van der Waals surface area contributed by atoms with Gasteiger partial charge in [-0.25, -0.2) is 9.59 Å². The first-order valence-corrected chi connectivity index (χ1v) is 8.21. The fraction of sp³-hybridized carbons (Fsp3) is 0.222. The molecule has 4 N–H and O–H groups in total. The highest BCUT2D eigenvalue weighted by Gasteiger charge is 2.82. The number of aromatic hydroxyl groups is 1. The van der Waals surface area contributed by atoms with E-state index in [0.717, 1.165) is 0 Å². The number of para-hydroxylation sites is 2. The first-order chi connectivity index (χ1) is 13.3. The van der Waals surface area contributed by atoms with Crippen molar-refractivity contribution in [3.63, 3.8) is 0 Å². The SMILES string of the molecule is O=C(O)C1(C(=O)O)N[C@@H](c2ccccc2O)[C@]2([N+](=O)[O-])Oc3ccccc3[C@H]12. The van der Waals surface area contributed by atoms with Crippen LogP contribution in [-0.2, 0) is 9.59 Å². The van der Waals surface area contributed by atoms with Crippen LogP contribution in [0.15, 0.2) is 48.5 Å². The van der Waals surface area contributed by atoms with Crippen molar-refractivity contribution in [1.29, 1.82) is 0 Å². The van der Waals surface area contributed by atoms with E-state index < -0.39 is 40.1 Å². The van der Waals surface area contributed by atoms with Crippen molar-refractivity contribution in [1.82, 2.24) is 5.32 Å². The van der Waals surface area contributed by atoms with Crippen LogP contribution < -0.4 is 10.1 Å². The number of nitrogens with one attached hydrogen (secondary N) is 1. The number of carboxylic acids is 2. The Hall–Kier alpha value is -3.66. The molecule has 0 aliphatic carbocycles. The molecule has 0 amide bonds. The van der Waals surface area contributed by atoms with Crippen LogP contribution in [0.4, 0.5) is 0 Å². The lowest BCUT2D eigenvalue weighted by Crippen LogP contribution is -2.59. The number of nitrogens with zero attached hydrogens (tertiary/aromatic N) is 1. The monoisotopic (exact) mass is 386 g/mol. The number of hydrogen-bond acceptors (Lipinski definition) is 7. The van der Waals surface area contributed by atoms with Crippen molar-refractivity contribution in [3.8, 4) is 11.5 Å². The van der Waals surface area contributed by atoms with Crippen LogP contribution in [0.2, 0.25) is 0 Å². The molecule has 1 saturated heterocycles. The molecule has 0 unspecified atom stereocenters. The molecular weight excluding hydrogens is 372 g/mol. The van der Waals surface area contributed by atoms with Crippen molar-refractivity contribution < 1.29 is 34.6 Å². The number of aliphatic carboxylic acids is 2. The van der Waals surface area contributed by atoms with Gasteiger partial charge in [0.25, 0.3) is 0 Å². The van der Waals surface area contributed by atoms with Crippen molar-refractivity contribution in [2.24, 2.45) is 0 Å². The molecule has 3 atom stereocenters. The molecule has 0 bridgehead atoms. The second kappa shape index (κ2) is 5.67. The van der Waals surface area contributed by atoms with Crippen LogP contribution in [0.5, 0.6) is 11.5 Å². The third-order valence-corrected chi connectivity index (χ3v) is 5.34. The molecule has 0 radical (unpaired) electrons. The average Bonchev–Trinajstić information content (AvgIpc) is 3.14. The van der Waals surface area contributed by atoms with Gasteiger partial charge in [0.1, 0.15) is 23.5 Å². The summed E-state index contributed by atoms with van der Waals surface area (Å²) in [6.07, 6.45) is 0. The predicted octanol–water partition coefficient (Wildman–Crippen LogP) is 1.09. The van der Waals surface area contributed by atoms with E-state index in [-0.39, 0.29) is 22.6 Å². The molecule has 2 aliphatic heterocycles. The summed E-state index contributed by atoms with van der Waals surface area (Å²) >= 11 is 0. The van der Waals surface area contributed by atoms with Gasteiger partial charge in [-0.3, -0.25) is 15.4 Å². The summed E-state index contributed by atoms with van der Waals surface area (Å²) in [6, 6.07) is 9.91. The fourth-order valence-electron chi connectivity index (χ4n) is 4.20. The van der Waals surface area contributed by atoms with E-state index in [2.05, 4.69) is 5.32 Å². The maximum absolute atomic E-state index is 12.3. The summed E-state index contributed by atoms with van der Waals surface area (Å²) in [5, 5.41) is 44.6. The Balaban J connectivity index is 2.07. The zero-order valence-electron chi connectivity index (χ0n) is 14.1. The Morgan fingerprint density at radius 3 is 2.18 bits per heavy atom. The highest BCUT2D eigenvalue weighted by Crippen LogP contribution is 2.60. The molecule has 10 heteroatoms. The quantitative estimate of drug-likeness (QED) is 0.343. The van der Waals surface area contributed by atoms with Gasteiger partial charge in [0, 0.05) is 11.1 Å². The van der Waals surface area contributed by atoms with Gasteiger partial charge in [-0.2, -0.15) is 0 Å². The molecule has 28 heavy (non-hydrogen) atoms. The van der Waals surface area contributed by atoms with E-state index in [4.69, 9.17) is 4.74 Å². The van der Waals surface area contributed by atoms with Gasteiger partial charge >= 0.3 is 17.7 Å². The van der Waals surface area contributed by atoms with E-state index in [0.29, 0.717) is 0 Å². The lowest BCUT2D eigenvalue weighted by Gasteiger charge is -2.26. The number of rotatable bonds is 4. The van der Waals surface area contributed by atoms with E-state index in [1.807, 2.05) is 0 Å². The molecular formula is C18H14N2O8. The van der Waals surface area contributed by atoms with Crippen molar-refractivity contribution in [2.45, 2.75) is 23.2 Å². The molecule has 10 nitrogen and oxygen atoms in total. The summed E-state index contributed by atoms with van der Waals surface area (Å²) in [5.74, 6) is -5.61.